The first-order valence-corrected chi connectivity index (χ1v) is 10.1. The van der Waals surface area contributed by atoms with Crippen molar-refractivity contribution in [3.63, 3.8) is 0 Å². The molecular formula is C22H29FO5. The molecule has 0 heterocycles. The SMILES string of the molecule is C[C@@H]1CC2C3CCC4=CC(=O)C=CC4(C)C3(F)C(O)CC2(C)C1(O)C(=O)CO. The lowest BCUT2D eigenvalue weighted by atomic mass is 9.44. The first-order valence-electron chi connectivity index (χ1n) is 10.1. The molecule has 28 heavy (non-hydrogen) atoms. The molecule has 0 bridgehead atoms. The number of aliphatic hydroxyl groups is 3. The van der Waals surface area contributed by atoms with Crippen molar-refractivity contribution in [1.29, 1.82) is 0 Å². The zero-order valence-corrected chi connectivity index (χ0v) is 16.6. The predicted octanol–water partition coefficient (Wildman–Crippen LogP) is 1.90. The molecule has 0 amide bonds. The fraction of sp³-hybridized carbons (Fsp3) is 0.727. The Morgan fingerprint density at radius 3 is 2.64 bits per heavy atom. The number of hydrogen-bond acceptors (Lipinski definition) is 5. The summed E-state index contributed by atoms with van der Waals surface area (Å²) < 4.78 is 16.9. The number of rotatable bonds is 2. The largest absolute Gasteiger partial charge is 0.390 e. The minimum atomic E-state index is -1.98. The number of aliphatic hydroxyl groups excluding tert-OH is 2. The Morgan fingerprint density at radius 2 is 2.00 bits per heavy atom. The molecule has 0 aliphatic heterocycles. The Labute approximate surface area is 164 Å². The zero-order valence-electron chi connectivity index (χ0n) is 16.6. The molecule has 3 fully saturated rings. The summed E-state index contributed by atoms with van der Waals surface area (Å²) in [4.78, 5) is 24.4. The van der Waals surface area contributed by atoms with Crippen LogP contribution in [0.1, 0.15) is 46.5 Å². The van der Waals surface area contributed by atoms with Gasteiger partial charge in [0.1, 0.15) is 12.2 Å². The highest BCUT2D eigenvalue weighted by molar-refractivity contribution is 6.01. The fourth-order valence-corrected chi connectivity index (χ4v) is 7.26. The van der Waals surface area contributed by atoms with Crippen molar-refractivity contribution in [1.82, 2.24) is 0 Å². The van der Waals surface area contributed by atoms with Crippen LogP contribution >= 0.6 is 0 Å². The molecule has 0 aromatic heterocycles. The standard InChI is InChI=1S/C22H29FO5/c1-12-8-16-15-5-4-13-9-14(25)6-7-19(13,2)21(15,23)17(26)10-20(16,3)22(12,28)18(27)11-24/h6-7,9,12,15-17,24,26,28H,4-5,8,10-11H2,1-3H3/t12-,15?,16?,17?,19?,20?,21?,22?/m1/s1. The summed E-state index contributed by atoms with van der Waals surface area (Å²) in [7, 11) is 0. The van der Waals surface area contributed by atoms with E-state index in [1.54, 1.807) is 26.8 Å². The van der Waals surface area contributed by atoms with E-state index in [1.165, 1.54) is 12.2 Å². The maximum absolute atomic E-state index is 16.9. The summed E-state index contributed by atoms with van der Waals surface area (Å²) >= 11 is 0. The number of carbonyl (C=O) groups is 2. The van der Waals surface area contributed by atoms with E-state index in [0.717, 1.165) is 0 Å². The molecule has 3 saturated carbocycles. The summed E-state index contributed by atoms with van der Waals surface area (Å²) in [5, 5.41) is 32.0. The van der Waals surface area contributed by atoms with Gasteiger partial charge in [0.2, 0.25) is 0 Å². The Hall–Kier alpha value is -1.37. The first kappa shape index (κ1) is 19.9. The van der Waals surface area contributed by atoms with E-state index in [2.05, 4.69) is 0 Å². The number of halogens is 1. The maximum atomic E-state index is 16.9. The van der Waals surface area contributed by atoms with Gasteiger partial charge in [-0.15, -0.1) is 0 Å². The molecule has 6 heteroatoms. The van der Waals surface area contributed by atoms with Crippen molar-refractivity contribution < 1.29 is 29.3 Å². The van der Waals surface area contributed by atoms with Crippen molar-refractivity contribution in [2.75, 3.05) is 6.61 Å². The van der Waals surface area contributed by atoms with Crippen molar-refractivity contribution in [2.45, 2.75) is 63.8 Å². The molecule has 0 radical (unpaired) electrons. The summed E-state index contributed by atoms with van der Waals surface area (Å²) in [6.07, 6.45) is 4.44. The van der Waals surface area contributed by atoms with Gasteiger partial charge >= 0.3 is 0 Å². The number of alkyl halides is 1. The molecule has 3 N–H and O–H groups in total. The third-order valence-electron chi connectivity index (χ3n) is 8.79. The average molecular weight is 392 g/mol. The molecule has 0 aromatic rings. The van der Waals surface area contributed by atoms with Gasteiger partial charge in [0, 0.05) is 16.7 Å². The predicted molar refractivity (Wildman–Crippen MR) is 99.9 cm³/mol. The number of Topliss-reactive ketones (excluding diaryl/α,β-unsaturated/α-hetero) is 1. The van der Waals surface area contributed by atoms with Crippen molar-refractivity contribution in [3.8, 4) is 0 Å². The molecule has 0 spiro atoms. The number of allylic oxidation sites excluding steroid dienone is 4. The topological polar surface area (TPSA) is 94.8 Å². The van der Waals surface area contributed by atoms with Gasteiger partial charge in [-0.1, -0.05) is 25.5 Å². The van der Waals surface area contributed by atoms with E-state index in [0.29, 0.717) is 24.8 Å². The van der Waals surface area contributed by atoms with Crippen LogP contribution < -0.4 is 0 Å². The second kappa shape index (κ2) is 5.83. The van der Waals surface area contributed by atoms with Crippen molar-refractivity contribution in [2.24, 2.45) is 28.6 Å². The molecule has 7 unspecified atom stereocenters. The smallest absolute Gasteiger partial charge is 0.190 e. The number of fused-ring (bicyclic) bond motifs is 5. The molecule has 4 rings (SSSR count). The summed E-state index contributed by atoms with van der Waals surface area (Å²) in [6, 6.07) is 0. The van der Waals surface area contributed by atoms with E-state index >= 15 is 4.39 Å². The van der Waals surface area contributed by atoms with Gasteiger partial charge in [0.15, 0.2) is 17.2 Å². The minimum absolute atomic E-state index is 0.0676. The van der Waals surface area contributed by atoms with Crippen LogP contribution in [0.2, 0.25) is 0 Å². The van der Waals surface area contributed by atoms with Crippen LogP contribution in [-0.4, -0.2) is 50.9 Å². The monoisotopic (exact) mass is 392 g/mol. The Kier molecular flexibility index (Phi) is 4.15. The van der Waals surface area contributed by atoms with Gasteiger partial charge in [-0.05, 0) is 56.6 Å². The highest BCUT2D eigenvalue weighted by atomic mass is 19.1. The normalized spacial score (nSPS) is 52.5. The summed E-state index contributed by atoms with van der Waals surface area (Å²) in [6.45, 7) is 4.48. The number of hydrogen-bond donors (Lipinski definition) is 3. The zero-order chi connectivity index (χ0) is 20.7. The van der Waals surface area contributed by atoms with E-state index in [9.17, 15) is 24.9 Å². The second-order valence-electron chi connectivity index (χ2n) is 9.75. The van der Waals surface area contributed by atoms with Gasteiger partial charge in [0.05, 0.1) is 6.10 Å². The van der Waals surface area contributed by atoms with Crippen LogP contribution in [0.5, 0.6) is 0 Å². The van der Waals surface area contributed by atoms with Gasteiger partial charge < -0.3 is 15.3 Å². The lowest BCUT2D eigenvalue weighted by molar-refractivity contribution is -0.219. The van der Waals surface area contributed by atoms with Crippen molar-refractivity contribution >= 4 is 11.6 Å². The molecule has 4 aliphatic rings. The van der Waals surface area contributed by atoms with E-state index in [1.807, 2.05) is 0 Å². The highest BCUT2D eigenvalue weighted by Gasteiger charge is 2.75. The van der Waals surface area contributed by atoms with Crippen LogP contribution in [0.4, 0.5) is 4.39 Å². The lowest BCUT2D eigenvalue weighted by Gasteiger charge is -2.62. The van der Waals surface area contributed by atoms with E-state index in [-0.39, 0.29) is 18.1 Å². The lowest BCUT2D eigenvalue weighted by Crippen LogP contribution is -2.69. The maximum Gasteiger partial charge on any atom is 0.190 e. The Balaban J connectivity index is 1.84. The number of carbonyl (C=O) groups excluding carboxylic acids is 2. The summed E-state index contributed by atoms with van der Waals surface area (Å²) in [5.41, 5.74) is -5.17. The average Bonchev–Trinajstić information content (AvgIpc) is 2.84. The van der Waals surface area contributed by atoms with Gasteiger partial charge in [-0.25, -0.2) is 4.39 Å². The van der Waals surface area contributed by atoms with Gasteiger partial charge in [-0.3, -0.25) is 9.59 Å². The molecule has 0 saturated heterocycles. The van der Waals surface area contributed by atoms with E-state index < -0.39 is 52.4 Å². The third kappa shape index (κ3) is 2.01. The van der Waals surface area contributed by atoms with Crippen molar-refractivity contribution in [3.05, 3.63) is 23.8 Å². The molecule has 8 atom stereocenters. The first-order chi connectivity index (χ1) is 13.0. The summed E-state index contributed by atoms with van der Waals surface area (Å²) in [5.74, 6) is -2.12. The van der Waals surface area contributed by atoms with E-state index in [4.69, 9.17) is 0 Å². The molecule has 4 aliphatic carbocycles. The van der Waals surface area contributed by atoms with Crippen LogP contribution in [-0.2, 0) is 9.59 Å². The third-order valence-corrected chi connectivity index (χ3v) is 8.79. The Bertz CT molecular complexity index is 805. The minimum Gasteiger partial charge on any atom is -0.390 e. The van der Waals surface area contributed by atoms with Crippen LogP contribution in [0.25, 0.3) is 0 Å². The second-order valence-corrected chi connectivity index (χ2v) is 9.75. The quantitative estimate of drug-likeness (QED) is 0.667. The molecule has 0 aromatic carbocycles. The van der Waals surface area contributed by atoms with Gasteiger partial charge in [0.25, 0.3) is 0 Å². The van der Waals surface area contributed by atoms with Crippen LogP contribution in [0.15, 0.2) is 23.8 Å². The molecule has 5 nitrogen and oxygen atoms in total. The van der Waals surface area contributed by atoms with Gasteiger partial charge in [-0.2, -0.15) is 0 Å². The van der Waals surface area contributed by atoms with Crippen LogP contribution in [0.3, 0.4) is 0 Å². The molecular weight excluding hydrogens is 363 g/mol. The highest BCUT2D eigenvalue weighted by Crippen LogP contribution is 2.70. The molecule has 154 valence electrons. The van der Waals surface area contributed by atoms with Crippen LogP contribution in [0, 0.1) is 28.6 Å². The Morgan fingerprint density at radius 1 is 1.32 bits per heavy atom. The number of ketones is 2. The fourth-order valence-electron chi connectivity index (χ4n) is 7.26.